The lowest BCUT2D eigenvalue weighted by molar-refractivity contribution is 0.622. The Bertz CT molecular complexity index is 566. The maximum atomic E-state index is 5.73. The number of rotatable bonds is 1. The zero-order valence-electron chi connectivity index (χ0n) is 6.93. The largest absolute Gasteiger partial charge is 0.434 e. The maximum Gasteiger partial charge on any atom is 0.239 e. The molecule has 4 nitrogen and oxygen atoms in total. The number of anilines is 1. The number of thiophene rings is 1. The minimum Gasteiger partial charge on any atom is -0.434 e. The van der Waals surface area contributed by atoms with E-state index in [9.17, 15) is 0 Å². The van der Waals surface area contributed by atoms with Crippen LogP contribution in [0.15, 0.2) is 21.5 Å². The average molecular weight is 223 g/mol. The molecule has 0 aliphatic heterocycles. The molecule has 6 heteroatoms. The summed E-state index contributed by atoms with van der Waals surface area (Å²) in [5, 5.41) is 2.56. The lowest BCUT2D eigenvalue weighted by Gasteiger charge is -1.84. The van der Waals surface area contributed by atoms with Gasteiger partial charge in [-0.15, -0.1) is 22.7 Å². The molecular formula is C8H5N3OS2. The minimum absolute atomic E-state index is 0.594. The molecule has 0 unspecified atom stereocenters. The van der Waals surface area contributed by atoms with Gasteiger partial charge in [-0.1, -0.05) is 0 Å². The zero-order valence-corrected chi connectivity index (χ0v) is 8.56. The summed E-state index contributed by atoms with van der Waals surface area (Å²) >= 11 is 2.94. The lowest BCUT2D eigenvalue weighted by atomic mass is 10.5. The molecule has 3 heterocycles. The van der Waals surface area contributed by atoms with Gasteiger partial charge in [-0.05, 0) is 0 Å². The van der Waals surface area contributed by atoms with Gasteiger partial charge in [0.2, 0.25) is 5.89 Å². The van der Waals surface area contributed by atoms with Crippen LogP contribution in [0.5, 0.6) is 0 Å². The third-order valence-corrected chi connectivity index (χ3v) is 3.36. The molecule has 3 rings (SSSR count). The Morgan fingerprint density at radius 2 is 2.29 bits per heavy atom. The SMILES string of the molecule is Nc1scc2oc(-c3cncs3)nc12. The van der Waals surface area contributed by atoms with Crippen LogP contribution >= 0.6 is 22.7 Å². The van der Waals surface area contributed by atoms with E-state index in [0.29, 0.717) is 10.9 Å². The van der Waals surface area contributed by atoms with E-state index in [1.54, 1.807) is 11.7 Å². The number of oxazole rings is 1. The fourth-order valence-corrected chi connectivity index (χ4v) is 2.38. The van der Waals surface area contributed by atoms with Gasteiger partial charge in [0.1, 0.15) is 15.4 Å². The molecule has 0 fully saturated rings. The van der Waals surface area contributed by atoms with Crippen molar-refractivity contribution < 1.29 is 4.42 Å². The lowest BCUT2D eigenvalue weighted by Crippen LogP contribution is -1.78. The molecule has 70 valence electrons. The molecular weight excluding hydrogens is 218 g/mol. The van der Waals surface area contributed by atoms with Crippen molar-refractivity contribution in [3.63, 3.8) is 0 Å². The van der Waals surface area contributed by atoms with Crippen LogP contribution in [0.2, 0.25) is 0 Å². The first-order valence-corrected chi connectivity index (χ1v) is 5.63. The van der Waals surface area contributed by atoms with Crippen LogP contribution < -0.4 is 5.73 Å². The van der Waals surface area contributed by atoms with E-state index in [4.69, 9.17) is 10.2 Å². The average Bonchev–Trinajstić information content (AvgIpc) is 2.83. The topological polar surface area (TPSA) is 64.9 Å². The van der Waals surface area contributed by atoms with Gasteiger partial charge in [0.25, 0.3) is 0 Å². The molecule has 0 saturated carbocycles. The third kappa shape index (κ3) is 1.04. The van der Waals surface area contributed by atoms with Crippen LogP contribution in [0.1, 0.15) is 0 Å². The van der Waals surface area contributed by atoms with E-state index < -0.39 is 0 Å². The van der Waals surface area contributed by atoms with Crippen molar-refractivity contribution in [1.29, 1.82) is 0 Å². The first-order valence-electron chi connectivity index (χ1n) is 3.87. The normalized spacial score (nSPS) is 11.1. The number of nitrogens with zero attached hydrogens (tertiary/aromatic N) is 2. The molecule has 0 aromatic carbocycles. The molecule has 0 radical (unpaired) electrons. The Morgan fingerprint density at radius 1 is 1.36 bits per heavy atom. The summed E-state index contributed by atoms with van der Waals surface area (Å²) in [5.41, 5.74) is 8.97. The molecule has 0 aliphatic rings. The van der Waals surface area contributed by atoms with Gasteiger partial charge in [0, 0.05) is 5.38 Å². The molecule has 0 atom stereocenters. The van der Waals surface area contributed by atoms with Gasteiger partial charge in [0.05, 0.1) is 11.7 Å². The quantitative estimate of drug-likeness (QED) is 0.688. The Balaban J connectivity index is 2.24. The van der Waals surface area contributed by atoms with Crippen molar-refractivity contribution in [3.05, 3.63) is 17.1 Å². The van der Waals surface area contributed by atoms with Gasteiger partial charge in [0.15, 0.2) is 5.58 Å². The van der Waals surface area contributed by atoms with E-state index >= 15 is 0 Å². The Morgan fingerprint density at radius 3 is 3.00 bits per heavy atom. The predicted molar refractivity (Wildman–Crippen MR) is 57.4 cm³/mol. The molecule has 3 aromatic heterocycles. The number of aromatic nitrogens is 2. The molecule has 2 N–H and O–H groups in total. The Hall–Kier alpha value is -1.40. The Kier molecular flexibility index (Phi) is 1.59. The number of nitrogens with two attached hydrogens (primary N) is 1. The van der Waals surface area contributed by atoms with Crippen LogP contribution in [0.4, 0.5) is 5.00 Å². The van der Waals surface area contributed by atoms with Gasteiger partial charge >= 0.3 is 0 Å². The molecule has 0 saturated heterocycles. The monoisotopic (exact) mass is 223 g/mol. The fraction of sp³-hybridized carbons (Fsp3) is 0. The first-order chi connectivity index (χ1) is 6.84. The zero-order chi connectivity index (χ0) is 9.54. The highest BCUT2D eigenvalue weighted by Gasteiger charge is 2.12. The van der Waals surface area contributed by atoms with Gasteiger partial charge in [-0.25, -0.2) is 4.98 Å². The number of thiazole rings is 1. The van der Waals surface area contributed by atoms with E-state index in [0.717, 1.165) is 16.0 Å². The highest BCUT2D eigenvalue weighted by atomic mass is 32.1. The van der Waals surface area contributed by atoms with Gasteiger partial charge in [-0.3, -0.25) is 4.98 Å². The number of fused-ring (bicyclic) bond motifs is 1. The second-order valence-corrected chi connectivity index (χ2v) is 4.50. The van der Waals surface area contributed by atoms with Crippen molar-refractivity contribution in [2.24, 2.45) is 0 Å². The highest BCUT2D eigenvalue weighted by molar-refractivity contribution is 7.15. The van der Waals surface area contributed by atoms with Gasteiger partial charge < -0.3 is 10.2 Å². The molecule has 0 aliphatic carbocycles. The van der Waals surface area contributed by atoms with E-state index in [1.807, 2.05) is 5.38 Å². The maximum absolute atomic E-state index is 5.73. The summed E-state index contributed by atoms with van der Waals surface area (Å²) in [6.45, 7) is 0. The molecule has 0 bridgehead atoms. The second-order valence-electron chi connectivity index (χ2n) is 2.70. The van der Waals surface area contributed by atoms with Crippen LogP contribution in [0, 0.1) is 0 Å². The van der Waals surface area contributed by atoms with Crippen LogP contribution in [-0.4, -0.2) is 9.97 Å². The van der Waals surface area contributed by atoms with E-state index in [1.165, 1.54) is 22.7 Å². The molecule has 14 heavy (non-hydrogen) atoms. The van der Waals surface area contributed by atoms with E-state index in [-0.39, 0.29) is 0 Å². The van der Waals surface area contributed by atoms with Crippen molar-refractivity contribution in [3.8, 4) is 10.8 Å². The van der Waals surface area contributed by atoms with Crippen LogP contribution in [0.25, 0.3) is 21.9 Å². The number of nitrogen functional groups attached to an aromatic ring is 1. The van der Waals surface area contributed by atoms with Crippen molar-refractivity contribution in [2.75, 3.05) is 5.73 Å². The Labute approximate surface area is 87.0 Å². The second kappa shape index (κ2) is 2.79. The van der Waals surface area contributed by atoms with Gasteiger partial charge in [-0.2, -0.15) is 0 Å². The third-order valence-electron chi connectivity index (χ3n) is 1.82. The van der Waals surface area contributed by atoms with Crippen LogP contribution in [0.3, 0.4) is 0 Å². The summed E-state index contributed by atoms with van der Waals surface area (Å²) < 4.78 is 5.52. The van der Waals surface area contributed by atoms with Crippen LogP contribution in [-0.2, 0) is 0 Å². The number of hydrogen-bond donors (Lipinski definition) is 1. The summed E-state index contributed by atoms with van der Waals surface area (Å²) in [6, 6.07) is 0. The van der Waals surface area contributed by atoms with Crippen molar-refractivity contribution >= 4 is 38.8 Å². The summed E-state index contributed by atoms with van der Waals surface area (Å²) in [7, 11) is 0. The first kappa shape index (κ1) is 7.95. The predicted octanol–water partition coefficient (Wildman–Crippen LogP) is 2.59. The highest BCUT2D eigenvalue weighted by Crippen LogP contribution is 2.32. The van der Waals surface area contributed by atoms with Crippen molar-refractivity contribution in [2.45, 2.75) is 0 Å². The fourth-order valence-electron chi connectivity index (χ4n) is 1.19. The summed E-state index contributed by atoms with van der Waals surface area (Å²) in [4.78, 5) is 9.19. The minimum atomic E-state index is 0.594. The van der Waals surface area contributed by atoms with Crippen molar-refractivity contribution in [1.82, 2.24) is 9.97 Å². The van der Waals surface area contributed by atoms with E-state index in [2.05, 4.69) is 9.97 Å². The number of hydrogen-bond acceptors (Lipinski definition) is 6. The molecule has 0 spiro atoms. The molecule has 3 aromatic rings. The summed E-state index contributed by atoms with van der Waals surface area (Å²) in [5.74, 6) is 0.594. The summed E-state index contributed by atoms with van der Waals surface area (Å²) in [6.07, 6.45) is 1.73. The standard InChI is InChI=1S/C8H5N3OS2/c9-7-6-4(2-13-7)12-8(11-6)5-1-10-3-14-5/h1-3H,9H2. The smallest absolute Gasteiger partial charge is 0.239 e. The molecule has 0 amide bonds.